The summed E-state index contributed by atoms with van der Waals surface area (Å²) in [6.07, 6.45) is 1.34. The summed E-state index contributed by atoms with van der Waals surface area (Å²) in [7, 11) is 1.56. The lowest BCUT2D eigenvalue weighted by Crippen LogP contribution is -2.00. The highest BCUT2D eigenvalue weighted by Crippen LogP contribution is 2.22. The lowest BCUT2D eigenvalue weighted by molar-refractivity contribution is -0.0798. The molecule has 0 aliphatic carbocycles. The van der Waals surface area contributed by atoms with E-state index in [-0.39, 0.29) is 6.08 Å². The van der Waals surface area contributed by atoms with Gasteiger partial charge in [0, 0.05) is 6.08 Å². The fourth-order valence-electron chi connectivity index (χ4n) is 1.73. The molecule has 0 N–H and O–H groups in total. The largest absolute Gasteiger partial charge is 0.497 e. The van der Waals surface area contributed by atoms with Crippen molar-refractivity contribution in [2.24, 2.45) is 0 Å². The van der Waals surface area contributed by atoms with Crippen LogP contribution in [-0.4, -0.2) is 13.3 Å². The first-order valence-electron chi connectivity index (χ1n) is 6.55. The molecule has 0 amide bonds. The third-order valence-electron chi connectivity index (χ3n) is 2.75. The lowest BCUT2D eigenvalue weighted by Gasteiger charge is -2.05. The van der Waals surface area contributed by atoms with Crippen LogP contribution in [0, 0.1) is 0 Å². The van der Waals surface area contributed by atoms with Crippen LogP contribution in [0.3, 0.4) is 0 Å². The molecule has 0 saturated heterocycles. The summed E-state index contributed by atoms with van der Waals surface area (Å²) in [5, 5.41) is 0. The van der Waals surface area contributed by atoms with Crippen LogP contribution in [-0.2, 0) is 0 Å². The van der Waals surface area contributed by atoms with E-state index in [1.165, 1.54) is 0 Å². The van der Waals surface area contributed by atoms with Crippen LogP contribution in [0.25, 0.3) is 6.08 Å². The second-order valence-corrected chi connectivity index (χ2v) is 4.47. The molecule has 0 spiro atoms. The maximum absolute atomic E-state index is 12.3. The third kappa shape index (κ3) is 6.45. The molecular formula is C16H19F3O. The molecule has 0 unspecified atom stereocenters. The highest BCUT2D eigenvalue weighted by atomic mass is 19.4. The summed E-state index contributed by atoms with van der Waals surface area (Å²) in [5.74, 6) is 0.688. The number of halogens is 3. The summed E-state index contributed by atoms with van der Waals surface area (Å²) >= 11 is 0. The van der Waals surface area contributed by atoms with Crippen molar-refractivity contribution in [3.8, 4) is 5.75 Å². The normalized spacial score (nSPS) is 12.9. The van der Waals surface area contributed by atoms with Crippen LogP contribution in [0.15, 0.2) is 42.0 Å². The standard InChI is InChI=1S/C16H19F3O/c1-3-4-6-13(9-10-16(17,18)19)11-14-7-5-8-15(12-14)20-2/h5,7-12H,3-4,6H2,1-2H3/b10-9+,13-11+. The Kier molecular flexibility index (Phi) is 6.36. The number of methoxy groups -OCH3 is 1. The summed E-state index contributed by atoms with van der Waals surface area (Å²) in [6.45, 7) is 2.01. The first-order valence-corrected chi connectivity index (χ1v) is 6.55. The van der Waals surface area contributed by atoms with Crippen LogP contribution >= 0.6 is 0 Å². The Balaban J connectivity index is 2.96. The summed E-state index contributed by atoms with van der Waals surface area (Å²) in [5.41, 5.74) is 1.50. The molecule has 1 aromatic carbocycles. The number of benzene rings is 1. The molecule has 0 atom stereocenters. The number of hydrogen-bond acceptors (Lipinski definition) is 1. The number of alkyl halides is 3. The van der Waals surface area contributed by atoms with Crippen LogP contribution in [0.5, 0.6) is 5.75 Å². The van der Waals surface area contributed by atoms with Crippen LogP contribution in [0.1, 0.15) is 31.7 Å². The SMILES string of the molecule is CCCCC(/C=C/C(F)(F)F)=C\c1cccc(OC)c1. The van der Waals surface area contributed by atoms with Crippen LogP contribution in [0.2, 0.25) is 0 Å². The zero-order valence-corrected chi connectivity index (χ0v) is 11.7. The predicted molar refractivity (Wildman–Crippen MR) is 75.7 cm³/mol. The van der Waals surface area contributed by atoms with E-state index in [2.05, 4.69) is 0 Å². The molecule has 0 aromatic heterocycles. The van der Waals surface area contributed by atoms with Gasteiger partial charge in [0.05, 0.1) is 7.11 Å². The average molecular weight is 284 g/mol. The van der Waals surface area contributed by atoms with Crippen molar-refractivity contribution in [1.29, 1.82) is 0 Å². The second kappa shape index (κ2) is 7.78. The van der Waals surface area contributed by atoms with Gasteiger partial charge in [-0.3, -0.25) is 0 Å². The van der Waals surface area contributed by atoms with Crippen LogP contribution in [0.4, 0.5) is 13.2 Å². The molecular weight excluding hydrogens is 265 g/mol. The van der Waals surface area contributed by atoms with Gasteiger partial charge in [-0.05, 0) is 36.1 Å². The molecule has 0 heterocycles. The topological polar surface area (TPSA) is 9.23 Å². The van der Waals surface area contributed by atoms with Crippen molar-refractivity contribution >= 4 is 6.08 Å². The van der Waals surface area contributed by atoms with E-state index < -0.39 is 6.18 Å². The van der Waals surface area contributed by atoms with Gasteiger partial charge in [-0.2, -0.15) is 13.2 Å². The van der Waals surface area contributed by atoms with Crippen molar-refractivity contribution in [1.82, 2.24) is 0 Å². The maximum Gasteiger partial charge on any atom is 0.409 e. The number of unbranched alkanes of at least 4 members (excludes halogenated alkanes) is 1. The van der Waals surface area contributed by atoms with Crippen molar-refractivity contribution in [3.05, 3.63) is 47.6 Å². The van der Waals surface area contributed by atoms with Gasteiger partial charge in [0.25, 0.3) is 0 Å². The monoisotopic (exact) mass is 284 g/mol. The molecule has 0 saturated carbocycles. The molecule has 1 nitrogen and oxygen atoms in total. The minimum Gasteiger partial charge on any atom is -0.497 e. The van der Waals surface area contributed by atoms with E-state index in [1.54, 1.807) is 25.3 Å². The molecule has 0 fully saturated rings. The Morgan fingerprint density at radius 2 is 2.05 bits per heavy atom. The average Bonchev–Trinajstić information content (AvgIpc) is 2.41. The fourth-order valence-corrected chi connectivity index (χ4v) is 1.73. The molecule has 0 radical (unpaired) electrons. The molecule has 1 rings (SSSR count). The Hall–Kier alpha value is -1.71. The number of ether oxygens (including phenoxy) is 1. The third-order valence-corrected chi connectivity index (χ3v) is 2.75. The smallest absolute Gasteiger partial charge is 0.409 e. The van der Waals surface area contributed by atoms with Gasteiger partial charge in [0.15, 0.2) is 0 Å². The van der Waals surface area contributed by atoms with Gasteiger partial charge in [0.2, 0.25) is 0 Å². The van der Waals surface area contributed by atoms with Gasteiger partial charge in [-0.1, -0.05) is 37.6 Å². The highest BCUT2D eigenvalue weighted by molar-refractivity contribution is 5.57. The van der Waals surface area contributed by atoms with E-state index in [0.717, 1.165) is 24.5 Å². The molecule has 0 bridgehead atoms. The van der Waals surface area contributed by atoms with Crippen molar-refractivity contribution in [2.75, 3.05) is 7.11 Å². The Morgan fingerprint density at radius 1 is 1.30 bits per heavy atom. The number of allylic oxidation sites excluding steroid dienone is 3. The lowest BCUT2D eigenvalue weighted by atomic mass is 10.0. The zero-order chi connectivity index (χ0) is 15.0. The minimum atomic E-state index is -4.28. The van der Waals surface area contributed by atoms with E-state index in [9.17, 15) is 13.2 Å². The number of rotatable bonds is 6. The fraction of sp³-hybridized carbons (Fsp3) is 0.375. The van der Waals surface area contributed by atoms with Crippen LogP contribution < -0.4 is 4.74 Å². The Morgan fingerprint density at radius 3 is 2.65 bits per heavy atom. The van der Waals surface area contributed by atoms with Gasteiger partial charge >= 0.3 is 6.18 Å². The predicted octanol–water partition coefficient (Wildman–Crippen LogP) is 5.39. The molecule has 0 aliphatic rings. The Bertz CT molecular complexity index is 473. The van der Waals surface area contributed by atoms with Crippen molar-refractivity contribution in [2.45, 2.75) is 32.4 Å². The second-order valence-electron chi connectivity index (χ2n) is 4.47. The van der Waals surface area contributed by atoms with Gasteiger partial charge in [-0.25, -0.2) is 0 Å². The van der Waals surface area contributed by atoms with Crippen molar-refractivity contribution in [3.63, 3.8) is 0 Å². The molecule has 0 aliphatic heterocycles. The zero-order valence-electron chi connectivity index (χ0n) is 11.7. The van der Waals surface area contributed by atoms with E-state index in [0.29, 0.717) is 17.7 Å². The molecule has 20 heavy (non-hydrogen) atoms. The van der Waals surface area contributed by atoms with E-state index >= 15 is 0 Å². The van der Waals surface area contributed by atoms with Gasteiger partial charge < -0.3 is 4.74 Å². The summed E-state index contributed by atoms with van der Waals surface area (Å²) < 4.78 is 41.9. The maximum atomic E-state index is 12.3. The van der Waals surface area contributed by atoms with Gasteiger partial charge in [-0.15, -0.1) is 0 Å². The summed E-state index contributed by atoms with van der Waals surface area (Å²) in [4.78, 5) is 0. The molecule has 110 valence electrons. The van der Waals surface area contributed by atoms with E-state index in [4.69, 9.17) is 4.74 Å². The molecule has 4 heteroatoms. The number of hydrogen-bond donors (Lipinski definition) is 0. The summed E-state index contributed by atoms with van der Waals surface area (Å²) in [6, 6.07) is 7.26. The van der Waals surface area contributed by atoms with Gasteiger partial charge in [0.1, 0.15) is 5.75 Å². The highest BCUT2D eigenvalue weighted by Gasteiger charge is 2.21. The first kappa shape index (κ1) is 16.3. The van der Waals surface area contributed by atoms with Crippen molar-refractivity contribution < 1.29 is 17.9 Å². The molecule has 1 aromatic rings. The quantitative estimate of drug-likeness (QED) is 0.637. The Labute approximate surface area is 117 Å². The minimum absolute atomic E-state index is 0.286. The first-order chi connectivity index (χ1) is 9.44. The van der Waals surface area contributed by atoms with E-state index in [1.807, 2.05) is 19.1 Å².